The van der Waals surface area contributed by atoms with E-state index in [1.54, 1.807) is 6.20 Å². The lowest BCUT2D eigenvalue weighted by Gasteiger charge is -2.08. The summed E-state index contributed by atoms with van der Waals surface area (Å²) in [7, 11) is 0. The molecule has 1 fully saturated rings. The highest BCUT2D eigenvalue weighted by molar-refractivity contribution is 5.96. The smallest absolute Gasteiger partial charge is 0.251 e. The number of nitrogens with one attached hydrogen (secondary N) is 1. The van der Waals surface area contributed by atoms with Crippen LogP contribution in [0.15, 0.2) is 61.2 Å². The summed E-state index contributed by atoms with van der Waals surface area (Å²) in [6.07, 6.45) is 9.73. The molecule has 1 saturated carbocycles. The molecular weight excluding hydrogens is 338 g/mol. The molecule has 6 heteroatoms. The van der Waals surface area contributed by atoms with Crippen molar-refractivity contribution < 1.29 is 4.79 Å². The Bertz CT molecular complexity index is 1150. The zero-order valence-corrected chi connectivity index (χ0v) is 15.0. The van der Waals surface area contributed by atoms with Gasteiger partial charge in [-0.25, -0.2) is 9.67 Å². The minimum atomic E-state index is -0.00655. The first-order valence-corrected chi connectivity index (χ1v) is 9.08. The summed E-state index contributed by atoms with van der Waals surface area (Å²) in [4.78, 5) is 16.8. The van der Waals surface area contributed by atoms with Crippen LogP contribution in [0.1, 0.15) is 28.8 Å². The number of aryl methyl sites for hydroxylation is 1. The highest BCUT2D eigenvalue weighted by Gasteiger charge is 2.24. The van der Waals surface area contributed by atoms with Crippen molar-refractivity contribution in [3.05, 3.63) is 72.3 Å². The Morgan fingerprint density at radius 1 is 1.19 bits per heavy atom. The summed E-state index contributed by atoms with van der Waals surface area (Å²) in [5.41, 5.74) is 4.65. The highest BCUT2D eigenvalue weighted by atomic mass is 16.1. The second kappa shape index (κ2) is 6.09. The van der Waals surface area contributed by atoms with Crippen molar-refractivity contribution in [1.82, 2.24) is 24.5 Å². The van der Waals surface area contributed by atoms with Gasteiger partial charge < -0.3 is 5.32 Å². The number of carbonyl (C=O) groups is 1. The molecule has 5 rings (SSSR count). The van der Waals surface area contributed by atoms with Gasteiger partial charge in [0.25, 0.3) is 5.91 Å². The van der Waals surface area contributed by atoms with E-state index < -0.39 is 0 Å². The van der Waals surface area contributed by atoms with Crippen LogP contribution in [0.3, 0.4) is 0 Å². The molecule has 1 amide bonds. The van der Waals surface area contributed by atoms with E-state index in [2.05, 4.69) is 15.4 Å². The quantitative estimate of drug-likeness (QED) is 0.609. The average molecular weight is 357 g/mol. The lowest BCUT2D eigenvalue weighted by atomic mass is 10.0. The summed E-state index contributed by atoms with van der Waals surface area (Å²) in [5.74, 6) is 0.866. The van der Waals surface area contributed by atoms with Gasteiger partial charge in [0.1, 0.15) is 5.65 Å². The van der Waals surface area contributed by atoms with E-state index in [0.29, 0.717) is 11.6 Å². The molecule has 4 aromatic rings. The van der Waals surface area contributed by atoms with E-state index in [-0.39, 0.29) is 5.91 Å². The fourth-order valence-corrected chi connectivity index (χ4v) is 3.25. The average Bonchev–Trinajstić information content (AvgIpc) is 3.19. The molecule has 3 aromatic heterocycles. The Balaban J connectivity index is 1.51. The minimum absolute atomic E-state index is 0.00655. The van der Waals surface area contributed by atoms with Gasteiger partial charge in [-0.3, -0.25) is 9.20 Å². The maximum atomic E-state index is 12.4. The zero-order valence-electron chi connectivity index (χ0n) is 15.0. The number of pyridine rings is 1. The number of aromatic nitrogens is 4. The molecular formula is C21H19N5O. The van der Waals surface area contributed by atoms with Crippen molar-refractivity contribution in [3.63, 3.8) is 0 Å². The first kappa shape index (κ1) is 15.8. The fraction of sp³-hybridized carbons (Fsp3) is 0.190. The number of carbonyl (C=O) groups excluding carboxylic acids is 1. The standard InChI is InChI=1S/C21H19N5O/c1-14-5-6-15(21(27)24-17-7-8-17)10-18(14)16-11-23-26(13-16)20-12-22-19-4-2-3-9-25(19)20/h2-6,9-13,17H,7-8H2,1H3,(H,24,27). The normalized spacial score (nSPS) is 13.8. The van der Waals surface area contributed by atoms with Crippen molar-refractivity contribution in [2.75, 3.05) is 0 Å². The van der Waals surface area contributed by atoms with Gasteiger partial charge in [0.2, 0.25) is 0 Å². The molecule has 1 N–H and O–H groups in total. The van der Waals surface area contributed by atoms with E-state index in [1.165, 1.54) is 0 Å². The maximum Gasteiger partial charge on any atom is 0.251 e. The number of amides is 1. The molecule has 1 aliphatic carbocycles. The van der Waals surface area contributed by atoms with Crippen LogP contribution in [0, 0.1) is 6.92 Å². The summed E-state index contributed by atoms with van der Waals surface area (Å²) < 4.78 is 3.80. The highest BCUT2D eigenvalue weighted by Crippen LogP contribution is 2.26. The number of hydrogen-bond donors (Lipinski definition) is 1. The molecule has 0 atom stereocenters. The third kappa shape index (κ3) is 2.89. The Hall–Kier alpha value is -3.41. The second-order valence-corrected chi connectivity index (χ2v) is 7.00. The van der Waals surface area contributed by atoms with Gasteiger partial charge in [-0.2, -0.15) is 5.10 Å². The van der Waals surface area contributed by atoms with Gasteiger partial charge in [-0.15, -0.1) is 0 Å². The van der Waals surface area contributed by atoms with E-state index in [0.717, 1.165) is 41.0 Å². The van der Waals surface area contributed by atoms with Crippen LogP contribution < -0.4 is 5.32 Å². The molecule has 0 unspecified atom stereocenters. The van der Waals surface area contributed by atoms with E-state index >= 15 is 0 Å². The van der Waals surface area contributed by atoms with Gasteiger partial charge in [-0.05, 0) is 55.2 Å². The van der Waals surface area contributed by atoms with Crippen LogP contribution in [0.2, 0.25) is 0 Å². The van der Waals surface area contributed by atoms with Crippen LogP contribution >= 0.6 is 0 Å². The Morgan fingerprint density at radius 3 is 2.93 bits per heavy atom. The molecule has 1 aliphatic rings. The molecule has 0 spiro atoms. The maximum absolute atomic E-state index is 12.4. The largest absolute Gasteiger partial charge is 0.349 e. The number of benzene rings is 1. The number of rotatable bonds is 4. The summed E-state index contributed by atoms with van der Waals surface area (Å²) in [5, 5.41) is 7.56. The van der Waals surface area contributed by atoms with E-state index in [4.69, 9.17) is 0 Å². The molecule has 0 saturated heterocycles. The van der Waals surface area contributed by atoms with Crippen LogP contribution in [-0.4, -0.2) is 31.1 Å². The Morgan fingerprint density at radius 2 is 2.07 bits per heavy atom. The predicted octanol–water partition coefficient (Wildman–Crippen LogP) is 3.39. The number of fused-ring (bicyclic) bond motifs is 1. The number of nitrogens with zero attached hydrogens (tertiary/aromatic N) is 4. The summed E-state index contributed by atoms with van der Waals surface area (Å²) in [6, 6.07) is 12.0. The van der Waals surface area contributed by atoms with Crippen molar-refractivity contribution in [3.8, 4) is 16.9 Å². The minimum Gasteiger partial charge on any atom is -0.349 e. The van der Waals surface area contributed by atoms with Crippen molar-refractivity contribution >= 4 is 11.6 Å². The molecule has 1 aromatic carbocycles. The third-order valence-corrected chi connectivity index (χ3v) is 4.94. The topological polar surface area (TPSA) is 64.2 Å². The summed E-state index contributed by atoms with van der Waals surface area (Å²) in [6.45, 7) is 2.05. The van der Waals surface area contributed by atoms with Crippen LogP contribution in [0.25, 0.3) is 22.6 Å². The fourth-order valence-electron chi connectivity index (χ4n) is 3.25. The van der Waals surface area contributed by atoms with E-state index in [1.807, 2.05) is 71.0 Å². The summed E-state index contributed by atoms with van der Waals surface area (Å²) >= 11 is 0. The van der Waals surface area contributed by atoms with E-state index in [9.17, 15) is 4.79 Å². The van der Waals surface area contributed by atoms with Gasteiger partial charge in [-0.1, -0.05) is 12.1 Å². The first-order valence-electron chi connectivity index (χ1n) is 9.08. The zero-order chi connectivity index (χ0) is 18.4. The molecule has 3 heterocycles. The predicted molar refractivity (Wildman–Crippen MR) is 103 cm³/mol. The van der Waals surface area contributed by atoms with Crippen molar-refractivity contribution in [2.24, 2.45) is 0 Å². The SMILES string of the molecule is Cc1ccc(C(=O)NC2CC2)cc1-c1cnn(-c2cnc3ccccn23)c1. The Labute approximate surface area is 156 Å². The van der Waals surface area contributed by atoms with Crippen LogP contribution in [0.5, 0.6) is 0 Å². The van der Waals surface area contributed by atoms with Gasteiger partial charge in [0, 0.05) is 29.6 Å². The van der Waals surface area contributed by atoms with Crippen molar-refractivity contribution in [2.45, 2.75) is 25.8 Å². The molecule has 0 aliphatic heterocycles. The molecule has 0 bridgehead atoms. The second-order valence-electron chi connectivity index (χ2n) is 7.00. The van der Waals surface area contributed by atoms with Gasteiger partial charge in [0.15, 0.2) is 5.82 Å². The van der Waals surface area contributed by atoms with Gasteiger partial charge in [0.05, 0.1) is 12.4 Å². The number of hydrogen-bond acceptors (Lipinski definition) is 3. The molecule has 134 valence electrons. The third-order valence-electron chi connectivity index (χ3n) is 4.94. The first-order chi connectivity index (χ1) is 13.2. The lowest BCUT2D eigenvalue weighted by molar-refractivity contribution is 0.0951. The molecule has 6 nitrogen and oxygen atoms in total. The lowest BCUT2D eigenvalue weighted by Crippen LogP contribution is -2.25. The Kier molecular flexibility index (Phi) is 3.57. The van der Waals surface area contributed by atoms with Gasteiger partial charge >= 0.3 is 0 Å². The molecule has 27 heavy (non-hydrogen) atoms. The number of imidazole rings is 1. The van der Waals surface area contributed by atoms with Crippen molar-refractivity contribution in [1.29, 1.82) is 0 Å². The monoisotopic (exact) mass is 357 g/mol. The van der Waals surface area contributed by atoms with Crippen LogP contribution in [-0.2, 0) is 0 Å². The molecule has 0 radical (unpaired) electrons. The van der Waals surface area contributed by atoms with Crippen LogP contribution in [0.4, 0.5) is 0 Å².